The molecule has 2 aliphatic rings. The first-order chi connectivity index (χ1) is 13.2. The number of hydrogen-bond donors (Lipinski definition) is 0. The van der Waals surface area contributed by atoms with Gasteiger partial charge in [-0.2, -0.15) is 0 Å². The highest BCUT2D eigenvalue weighted by atomic mass is 32.1. The number of nitrogens with zero attached hydrogens (tertiary/aromatic N) is 4. The molecule has 2 saturated heterocycles. The molecule has 0 unspecified atom stereocenters. The van der Waals surface area contributed by atoms with Crippen LogP contribution in [0.1, 0.15) is 53.8 Å². The van der Waals surface area contributed by atoms with Gasteiger partial charge < -0.3 is 14.5 Å². The minimum atomic E-state index is 0.0737. The first-order valence-electron chi connectivity index (χ1n) is 10.0. The second kappa shape index (κ2) is 8.10. The van der Waals surface area contributed by atoms with Crippen molar-refractivity contribution in [3.63, 3.8) is 0 Å². The van der Waals surface area contributed by atoms with Crippen LogP contribution >= 0.6 is 11.3 Å². The van der Waals surface area contributed by atoms with Crippen LogP contribution in [0, 0.1) is 6.92 Å². The Hall–Kier alpha value is -1.73. The van der Waals surface area contributed by atoms with Gasteiger partial charge in [0.25, 0.3) is 5.91 Å². The minimum Gasteiger partial charge on any atom is -0.379 e. The SMILES string of the molecule is Cc1c(C(=O)N(C)[C@@H]2CCOC2)sc2ncnc(N3CCCCCCC3)c12. The maximum absolute atomic E-state index is 13.1. The Morgan fingerprint density at radius 3 is 2.67 bits per heavy atom. The van der Waals surface area contributed by atoms with Gasteiger partial charge in [-0.25, -0.2) is 9.97 Å². The molecule has 146 valence electrons. The average Bonchev–Trinajstić information content (AvgIpc) is 3.29. The van der Waals surface area contributed by atoms with E-state index in [2.05, 4.69) is 14.9 Å². The van der Waals surface area contributed by atoms with Crippen molar-refractivity contribution in [3.8, 4) is 0 Å². The summed E-state index contributed by atoms with van der Waals surface area (Å²) in [7, 11) is 1.89. The Bertz CT molecular complexity index is 808. The third-order valence-electron chi connectivity index (χ3n) is 5.83. The van der Waals surface area contributed by atoms with Crippen LogP contribution in [-0.2, 0) is 4.74 Å². The highest BCUT2D eigenvalue weighted by Gasteiger charge is 2.29. The van der Waals surface area contributed by atoms with Crippen molar-refractivity contribution in [2.75, 3.05) is 38.3 Å². The van der Waals surface area contributed by atoms with Gasteiger partial charge in [0.2, 0.25) is 0 Å². The highest BCUT2D eigenvalue weighted by molar-refractivity contribution is 7.20. The van der Waals surface area contributed by atoms with Gasteiger partial charge in [-0.3, -0.25) is 4.79 Å². The van der Waals surface area contributed by atoms with E-state index in [1.165, 1.54) is 43.4 Å². The molecule has 4 heterocycles. The molecule has 4 rings (SSSR count). The molecule has 2 aliphatic heterocycles. The topological polar surface area (TPSA) is 58.6 Å². The molecule has 0 aliphatic carbocycles. The second-order valence-corrected chi connectivity index (χ2v) is 8.62. The van der Waals surface area contributed by atoms with E-state index >= 15 is 0 Å². The number of amides is 1. The molecule has 1 atom stereocenters. The molecular weight excluding hydrogens is 360 g/mol. The monoisotopic (exact) mass is 388 g/mol. The van der Waals surface area contributed by atoms with E-state index in [4.69, 9.17) is 4.74 Å². The molecule has 0 bridgehead atoms. The van der Waals surface area contributed by atoms with Crippen molar-refractivity contribution >= 4 is 33.3 Å². The zero-order valence-corrected chi connectivity index (χ0v) is 17.1. The van der Waals surface area contributed by atoms with Crippen LogP contribution in [-0.4, -0.2) is 60.2 Å². The number of likely N-dealkylation sites (N-methyl/N-ethyl adjacent to an activating group) is 1. The predicted octanol–water partition coefficient (Wildman–Crippen LogP) is 3.63. The summed E-state index contributed by atoms with van der Waals surface area (Å²) in [6.07, 6.45) is 8.85. The Balaban J connectivity index is 1.68. The van der Waals surface area contributed by atoms with Gasteiger partial charge in [-0.15, -0.1) is 11.3 Å². The number of fused-ring (bicyclic) bond motifs is 1. The van der Waals surface area contributed by atoms with Crippen LogP contribution in [0.2, 0.25) is 0 Å². The van der Waals surface area contributed by atoms with E-state index in [-0.39, 0.29) is 11.9 Å². The van der Waals surface area contributed by atoms with Crippen LogP contribution < -0.4 is 4.90 Å². The van der Waals surface area contributed by atoms with Crippen molar-refractivity contribution in [1.29, 1.82) is 0 Å². The maximum Gasteiger partial charge on any atom is 0.264 e. The van der Waals surface area contributed by atoms with Crippen LogP contribution in [0.4, 0.5) is 5.82 Å². The molecule has 27 heavy (non-hydrogen) atoms. The molecule has 0 saturated carbocycles. The third-order valence-corrected chi connectivity index (χ3v) is 7.02. The van der Waals surface area contributed by atoms with Gasteiger partial charge >= 0.3 is 0 Å². The van der Waals surface area contributed by atoms with Crippen LogP contribution in [0.15, 0.2) is 6.33 Å². The Kier molecular flexibility index (Phi) is 5.59. The fourth-order valence-electron chi connectivity index (χ4n) is 4.11. The summed E-state index contributed by atoms with van der Waals surface area (Å²) < 4.78 is 5.45. The molecule has 2 aromatic rings. The number of thiophene rings is 1. The highest BCUT2D eigenvalue weighted by Crippen LogP contribution is 2.36. The number of anilines is 1. The normalized spacial score (nSPS) is 21.3. The van der Waals surface area contributed by atoms with Gasteiger partial charge in [-0.05, 0) is 31.7 Å². The number of carbonyl (C=O) groups excluding carboxylic acids is 1. The quantitative estimate of drug-likeness (QED) is 0.804. The molecular formula is C20H28N4O2S. The predicted molar refractivity (Wildman–Crippen MR) is 109 cm³/mol. The minimum absolute atomic E-state index is 0.0737. The van der Waals surface area contributed by atoms with Crippen molar-refractivity contribution in [1.82, 2.24) is 14.9 Å². The molecule has 0 radical (unpaired) electrons. The van der Waals surface area contributed by atoms with Crippen LogP contribution in [0.25, 0.3) is 10.2 Å². The molecule has 2 aromatic heterocycles. The molecule has 7 heteroatoms. The van der Waals surface area contributed by atoms with Crippen LogP contribution in [0.3, 0.4) is 0 Å². The fraction of sp³-hybridized carbons (Fsp3) is 0.650. The number of carbonyl (C=O) groups is 1. The molecule has 0 spiro atoms. The molecule has 2 fully saturated rings. The van der Waals surface area contributed by atoms with Gasteiger partial charge in [0.05, 0.1) is 22.9 Å². The largest absolute Gasteiger partial charge is 0.379 e. The lowest BCUT2D eigenvalue weighted by atomic mass is 10.1. The van der Waals surface area contributed by atoms with Gasteiger partial charge in [0, 0.05) is 26.7 Å². The van der Waals surface area contributed by atoms with E-state index in [1.807, 2.05) is 18.9 Å². The molecule has 1 amide bonds. The smallest absolute Gasteiger partial charge is 0.264 e. The summed E-state index contributed by atoms with van der Waals surface area (Å²) in [5, 5.41) is 1.06. The van der Waals surface area contributed by atoms with E-state index in [9.17, 15) is 4.79 Å². The Labute approximate surface area is 164 Å². The van der Waals surface area contributed by atoms with Gasteiger partial charge in [0.1, 0.15) is 17.0 Å². The van der Waals surface area contributed by atoms with Crippen molar-refractivity contribution in [2.24, 2.45) is 0 Å². The zero-order valence-electron chi connectivity index (χ0n) is 16.2. The van der Waals surface area contributed by atoms with E-state index in [1.54, 1.807) is 6.33 Å². The van der Waals surface area contributed by atoms with Crippen LogP contribution in [0.5, 0.6) is 0 Å². The summed E-state index contributed by atoms with van der Waals surface area (Å²) in [5.41, 5.74) is 1.02. The summed E-state index contributed by atoms with van der Waals surface area (Å²) in [4.78, 5) is 28.2. The maximum atomic E-state index is 13.1. The Morgan fingerprint density at radius 1 is 1.22 bits per heavy atom. The lowest BCUT2D eigenvalue weighted by Crippen LogP contribution is -2.37. The summed E-state index contributed by atoms with van der Waals surface area (Å²) in [6, 6.07) is 0.169. The molecule has 0 aromatic carbocycles. The second-order valence-electron chi connectivity index (χ2n) is 7.62. The summed E-state index contributed by atoms with van der Waals surface area (Å²) in [5.74, 6) is 1.08. The van der Waals surface area contributed by atoms with E-state index in [0.29, 0.717) is 6.61 Å². The fourth-order valence-corrected chi connectivity index (χ4v) is 5.24. The summed E-state index contributed by atoms with van der Waals surface area (Å²) >= 11 is 1.50. The van der Waals surface area contributed by atoms with Gasteiger partial charge in [0.15, 0.2) is 0 Å². The number of hydrogen-bond acceptors (Lipinski definition) is 6. The third kappa shape index (κ3) is 3.67. The first kappa shape index (κ1) is 18.6. The first-order valence-corrected chi connectivity index (χ1v) is 10.8. The number of rotatable bonds is 3. The molecule has 0 N–H and O–H groups in total. The average molecular weight is 389 g/mol. The zero-order chi connectivity index (χ0) is 18.8. The lowest BCUT2D eigenvalue weighted by molar-refractivity contribution is 0.0715. The van der Waals surface area contributed by atoms with E-state index < -0.39 is 0 Å². The van der Waals surface area contributed by atoms with Crippen molar-refractivity contribution < 1.29 is 9.53 Å². The number of aryl methyl sites for hydroxylation is 1. The van der Waals surface area contributed by atoms with Crippen molar-refractivity contribution in [3.05, 3.63) is 16.8 Å². The molecule has 6 nitrogen and oxygen atoms in total. The van der Waals surface area contributed by atoms with Gasteiger partial charge in [-0.1, -0.05) is 19.3 Å². The number of ether oxygens (including phenoxy) is 1. The van der Waals surface area contributed by atoms with Crippen molar-refractivity contribution in [2.45, 2.75) is 51.5 Å². The lowest BCUT2D eigenvalue weighted by Gasteiger charge is -2.26. The Morgan fingerprint density at radius 2 is 1.96 bits per heavy atom. The van der Waals surface area contributed by atoms with E-state index in [0.717, 1.165) is 52.6 Å². The standard InChI is InChI=1S/C20H28N4O2S/c1-14-16-18(24-9-6-4-3-5-7-10-24)21-13-22-19(16)27-17(14)20(25)23(2)15-8-11-26-12-15/h13,15H,3-12H2,1-2H3/t15-/m1/s1. The number of aromatic nitrogens is 2. The summed E-state index contributed by atoms with van der Waals surface area (Å²) in [6.45, 7) is 5.47.